The summed E-state index contributed by atoms with van der Waals surface area (Å²) < 4.78 is 0. The van der Waals surface area contributed by atoms with Gasteiger partial charge in [-0.25, -0.2) is 0 Å². The Hall–Kier alpha value is -2.58. The van der Waals surface area contributed by atoms with Crippen LogP contribution >= 0.6 is 0 Å². The Morgan fingerprint density at radius 2 is 1.50 bits per heavy atom. The molecule has 0 amide bonds. The Kier molecular flexibility index (Phi) is 4.53. The van der Waals surface area contributed by atoms with E-state index in [4.69, 9.17) is 0 Å². The second kappa shape index (κ2) is 6.55. The molecule has 20 heavy (non-hydrogen) atoms. The Balaban J connectivity index is 2.31. The maximum Gasteiger partial charge on any atom is 0.140 e. The minimum Gasteiger partial charge on any atom is -0.197 e. The normalized spacial score (nSPS) is 11.6. The van der Waals surface area contributed by atoms with Gasteiger partial charge in [0.05, 0.1) is 12.1 Å². The van der Waals surface area contributed by atoms with E-state index in [0.717, 1.165) is 11.1 Å². The van der Waals surface area contributed by atoms with Crippen LogP contribution < -0.4 is 0 Å². The van der Waals surface area contributed by atoms with Crippen molar-refractivity contribution < 1.29 is 0 Å². The van der Waals surface area contributed by atoms with E-state index in [0.29, 0.717) is 6.42 Å². The van der Waals surface area contributed by atoms with Crippen LogP contribution in [-0.4, -0.2) is 0 Å². The number of aryl methyl sites for hydroxylation is 1. The molecule has 0 aliphatic carbocycles. The van der Waals surface area contributed by atoms with Crippen LogP contribution in [0.2, 0.25) is 0 Å². The molecule has 2 heteroatoms. The summed E-state index contributed by atoms with van der Waals surface area (Å²) in [5.74, 6) is -0.715. The number of nitrogens with zero attached hydrogens (tertiary/aromatic N) is 2. The van der Waals surface area contributed by atoms with E-state index in [1.807, 2.05) is 37.3 Å². The highest BCUT2D eigenvalue weighted by Crippen LogP contribution is 2.28. The zero-order chi connectivity index (χ0) is 14.4. The van der Waals surface area contributed by atoms with Crippen molar-refractivity contribution in [3.63, 3.8) is 0 Å². The fraction of sp³-hybridized carbons (Fsp3) is 0.222. The third kappa shape index (κ3) is 3.25. The van der Waals surface area contributed by atoms with Crippen LogP contribution in [0.4, 0.5) is 0 Å². The first-order valence-electron chi connectivity index (χ1n) is 6.64. The van der Waals surface area contributed by atoms with Crippen molar-refractivity contribution in [2.45, 2.75) is 19.3 Å². The van der Waals surface area contributed by atoms with Gasteiger partial charge >= 0.3 is 0 Å². The van der Waals surface area contributed by atoms with Gasteiger partial charge in [0.1, 0.15) is 5.92 Å². The second-order valence-electron chi connectivity index (χ2n) is 4.94. The molecule has 2 nitrogen and oxygen atoms in total. The molecule has 0 spiro atoms. The van der Waals surface area contributed by atoms with E-state index in [9.17, 15) is 10.5 Å². The molecular weight excluding hydrogens is 244 g/mol. The predicted octanol–water partition coefficient (Wildman–Crippen LogP) is 3.98. The highest BCUT2D eigenvalue weighted by atomic mass is 14.4. The zero-order valence-electron chi connectivity index (χ0n) is 11.5. The van der Waals surface area contributed by atoms with Crippen LogP contribution in [0.15, 0.2) is 54.6 Å². The molecule has 1 unspecified atom stereocenters. The second-order valence-corrected chi connectivity index (χ2v) is 4.94. The van der Waals surface area contributed by atoms with Crippen LogP contribution in [-0.2, 0) is 6.42 Å². The average molecular weight is 260 g/mol. The van der Waals surface area contributed by atoms with Crippen LogP contribution in [0.3, 0.4) is 0 Å². The van der Waals surface area contributed by atoms with E-state index in [2.05, 4.69) is 36.4 Å². The van der Waals surface area contributed by atoms with Gasteiger partial charge in [-0.3, -0.25) is 0 Å². The molecule has 0 radical (unpaired) electrons. The first-order chi connectivity index (χ1) is 9.74. The molecule has 2 aromatic carbocycles. The molecule has 0 heterocycles. The molecule has 0 bridgehead atoms. The Labute approximate surface area is 119 Å². The number of hydrogen-bond donors (Lipinski definition) is 0. The van der Waals surface area contributed by atoms with Gasteiger partial charge in [-0.2, -0.15) is 10.5 Å². The largest absolute Gasteiger partial charge is 0.197 e. The van der Waals surface area contributed by atoms with E-state index >= 15 is 0 Å². The van der Waals surface area contributed by atoms with Crippen molar-refractivity contribution in [3.05, 3.63) is 71.3 Å². The van der Waals surface area contributed by atoms with Crippen molar-refractivity contribution in [1.29, 1.82) is 10.5 Å². The number of benzene rings is 2. The monoisotopic (exact) mass is 260 g/mol. The lowest BCUT2D eigenvalue weighted by Gasteiger charge is -2.18. The summed E-state index contributed by atoms with van der Waals surface area (Å²) in [6.45, 7) is 2.05. The van der Waals surface area contributed by atoms with Gasteiger partial charge in [-0.15, -0.1) is 0 Å². The highest BCUT2D eigenvalue weighted by Gasteiger charge is 2.23. The number of hydrogen-bond acceptors (Lipinski definition) is 2. The summed E-state index contributed by atoms with van der Waals surface area (Å²) in [6.07, 6.45) is 0.704. The van der Waals surface area contributed by atoms with Crippen molar-refractivity contribution in [1.82, 2.24) is 0 Å². The summed E-state index contributed by atoms with van der Waals surface area (Å²) >= 11 is 0. The van der Waals surface area contributed by atoms with Crippen molar-refractivity contribution in [2.24, 2.45) is 5.92 Å². The molecule has 0 N–H and O–H groups in total. The fourth-order valence-electron chi connectivity index (χ4n) is 2.32. The van der Waals surface area contributed by atoms with E-state index in [-0.39, 0.29) is 5.92 Å². The average Bonchev–Trinajstić information content (AvgIpc) is 2.50. The van der Waals surface area contributed by atoms with Gasteiger partial charge in [-0.05, 0) is 24.5 Å². The predicted molar refractivity (Wildman–Crippen MR) is 78.8 cm³/mol. The van der Waals surface area contributed by atoms with Crippen LogP contribution in [0.1, 0.15) is 22.6 Å². The van der Waals surface area contributed by atoms with Gasteiger partial charge in [0.2, 0.25) is 0 Å². The SMILES string of the molecule is Cc1ccc(CC(c2ccccc2)C(C#N)C#N)cc1. The van der Waals surface area contributed by atoms with Gasteiger partial charge < -0.3 is 0 Å². The highest BCUT2D eigenvalue weighted by molar-refractivity contribution is 5.30. The maximum absolute atomic E-state index is 9.21. The molecule has 0 saturated heterocycles. The molecule has 0 aliphatic rings. The first kappa shape index (κ1) is 13.8. The van der Waals surface area contributed by atoms with Gasteiger partial charge in [0.15, 0.2) is 0 Å². The Morgan fingerprint density at radius 3 is 2.05 bits per heavy atom. The summed E-state index contributed by atoms with van der Waals surface area (Å²) in [5, 5.41) is 18.4. The quantitative estimate of drug-likeness (QED) is 0.834. The lowest BCUT2D eigenvalue weighted by atomic mass is 9.83. The molecular formula is C18H16N2. The zero-order valence-corrected chi connectivity index (χ0v) is 11.5. The summed E-state index contributed by atoms with van der Waals surface area (Å²) in [4.78, 5) is 0. The Bertz CT molecular complexity index is 616. The smallest absolute Gasteiger partial charge is 0.140 e. The molecule has 0 aromatic heterocycles. The lowest BCUT2D eigenvalue weighted by molar-refractivity contribution is 0.608. The van der Waals surface area contributed by atoms with Crippen LogP contribution in [0.5, 0.6) is 0 Å². The fourth-order valence-corrected chi connectivity index (χ4v) is 2.32. The standard InChI is InChI=1S/C18H16N2/c1-14-7-9-15(10-8-14)11-18(17(12-19)13-20)16-5-3-2-4-6-16/h2-10,17-18H,11H2,1H3. The van der Waals surface area contributed by atoms with E-state index in [1.54, 1.807) is 0 Å². The third-order valence-corrected chi connectivity index (χ3v) is 3.48. The van der Waals surface area contributed by atoms with Crippen molar-refractivity contribution >= 4 is 0 Å². The molecule has 2 rings (SSSR count). The molecule has 1 atom stereocenters. The number of nitriles is 2. The third-order valence-electron chi connectivity index (χ3n) is 3.48. The summed E-state index contributed by atoms with van der Waals surface area (Å²) in [7, 11) is 0. The maximum atomic E-state index is 9.21. The van der Waals surface area contributed by atoms with Gasteiger partial charge in [0, 0.05) is 5.92 Å². The minimum atomic E-state index is -0.626. The summed E-state index contributed by atoms with van der Waals surface area (Å²) in [5.41, 5.74) is 3.41. The van der Waals surface area contributed by atoms with Gasteiger partial charge in [-0.1, -0.05) is 60.2 Å². The van der Waals surface area contributed by atoms with Gasteiger partial charge in [0.25, 0.3) is 0 Å². The molecule has 0 fully saturated rings. The summed E-state index contributed by atoms with van der Waals surface area (Å²) in [6, 6.07) is 22.3. The number of rotatable bonds is 4. The Morgan fingerprint density at radius 1 is 0.900 bits per heavy atom. The molecule has 98 valence electrons. The molecule has 2 aromatic rings. The topological polar surface area (TPSA) is 47.6 Å². The first-order valence-corrected chi connectivity index (χ1v) is 6.64. The van der Waals surface area contributed by atoms with E-state index in [1.165, 1.54) is 5.56 Å². The van der Waals surface area contributed by atoms with Crippen LogP contribution in [0, 0.1) is 35.5 Å². The molecule has 0 aliphatic heterocycles. The lowest BCUT2D eigenvalue weighted by Crippen LogP contribution is -2.12. The van der Waals surface area contributed by atoms with Crippen LogP contribution in [0.25, 0.3) is 0 Å². The molecule has 0 saturated carbocycles. The minimum absolute atomic E-state index is 0.0890. The van der Waals surface area contributed by atoms with Crippen molar-refractivity contribution in [2.75, 3.05) is 0 Å². The van der Waals surface area contributed by atoms with Crippen molar-refractivity contribution in [3.8, 4) is 12.1 Å². The van der Waals surface area contributed by atoms with E-state index < -0.39 is 5.92 Å².